The maximum Gasteiger partial charge on any atom is 0.264 e. The van der Waals surface area contributed by atoms with Gasteiger partial charge in [0.05, 0.1) is 17.0 Å². The minimum atomic E-state index is -3.92. The van der Waals surface area contributed by atoms with Crippen LogP contribution in [0.15, 0.2) is 48.6 Å². The van der Waals surface area contributed by atoms with Crippen molar-refractivity contribution < 1.29 is 23.1 Å². The van der Waals surface area contributed by atoms with Crippen molar-refractivity contribution in [2.75, 3.05) is 18.0 Å². The van der Waals surface area contributed by atoms with E-state index in [0.717, 1.165) is 56.4 Å². The molecule has 7 nitrogen and oxygen atoms in total. The van der Waals surface area contributed by atoms with Crippen molar-refractivity contribution in [3.05, 3.63) is 70.3 Å². The summed E-state index contributed by atoms with van der Waals surface area (Å²) in [5.74, 6) is 0.543. The molecule has 1 aliphatic carbocycles. The number of aliphatic hydroxyl groups excluding tert-OH is 1. The highest BCUT2D eigenvalue weighted by molar-refractivity contribution is 7.90. The first-order valence-corrected chi connectivity index (χ1v) is 17.7. The maximum absolute atomic E-state index is 13.4. The fraction of sp³-hybridized carbons (Fsp3) is 0.559. The van der Waals surface area contributed by atoms with Gasteiger partial charge in [-0.05, 0) is 111 Å². The van der Waals surface area contributed by atoms with E-state index in [-0.39, 0.29) is 17.4 Å². The SMILES string of the molecule is CC[C@@H](O)[C@H]1/C=C/C[C@H](C)[C@@H](C)S(=O)(=O)NC(=O)c2ccc3c(c2)N(CCCCc2cc(Cl)ccc2CO3)C[C@@H]2CC[C@H]21. The number of aryl methyl sites for hydroxylation is 1. The smallest absolute Gasteiger partial charge is 0.264 e. The van der Waals surface area contributed by atoms with Crippen LogP contribution in [0.3, 0.4) is 0 Å². The molecule has 3 aliphatic rings. The summed E-state index contributed by atoms with van der Waals surface area (Å²) in [6, 6.07) is 11.1. The van der Waals surface area contributed by atoms with Crippen LogP contribution in [-0.4, -0.2) is 43.9 Å². The van der Waals surface area contributed by atoms with Crippen molar-refractivity contribution in [2.45, 2.75) is 83.7 Å². The second-order valence-electron chi connectivity index (χ2n) is 12.7. The molecule has 0 radical (unpaired) electrons. The van der Waals surface area contributed by atoms with Crippen LogP contribution in [-0.2, 0) is 23.1 Å². The summed E-state index contributed by atoms with van der Waals surface area (Å²) < 4.78 is 35.3. The monoisotopic (exact) mass is 628 g/mol. The lowest BCUT2D eigenvalue weighted by atomic mass is 9.64. The number of rotatable bonds is 2. The number of ether oxygens (including phenoxy) is 1. The van der Waals surface area contributed by atoms with E-state index >= 15 is 0 Å². The minimum Gasteiger partial charge on any atom is -0.487 e. The van der Waals surface area contributed by atoms with Crippen molar-refractivity contribution in [2.24, 2.45) is 23.7 Å². The number of nitrogens with one attached hydrogen (secondary N) is 1. The van der Waals surface area contributed by atoms with E-state index in [1.54, 1.807) is 25.1 Å². The van der Waals surface area contributed by atoms with Crippen molar-refractivity contribution in [3.63, 3.8) is 0 Å². The molecule has 2 aliphatic heterocycles. The molecule has 6 atom stereocenters. The average Bonchev–Trinajstić information content (AvgIpc) is 3.00. The van der Waals surface area contributed by atoms with Crippen LogP contribution in [0.1, 0.15) is 80.8 Å². The zero-order valence-electron chi connectivity index (χ0n) is 25.5. The van der Waals surface area contributed by atoms with Gasteiger partial charge in [0.2, 0.25) is 10.0 Å². The Morgan fingerprint density at radius 1 is 1.12 bits per heavy atom. The fourth-order valence-corrected chi connectivity index (χ4v) is 8.23. The number of anilines is 1. The predicted octanol–water partition coefficient (Wildman–Crippen LogP) is 6.52. The number of benzene rings is 2. The lowest BCUT2D eigenvalue weighted by Gasteiger charge is -2.45. The molecule has 1 saturated carbocycles. The van der Waals surface area contributed by atoms with Crippen molar-refractivity contribution in [1.82, 2.24) is 4.72 Å². The van der Waals surface area contributed by atoms with Gasteiger partial charge in [-0.15, -0.1) is 0 Å². The number of nitrogens with zero attached hydrogens (tertiary/aromatic N) is 1. The first-order chi connectivity index (χ1) is 20.6. The standard InChI is InChI=1S/C34H45ClN2O5S/c1-4-32(38)30-10-7-8-22(2)23(3)43(40,41)36-34(39)25-13-16-33-31(19-25)37(20-26-12-15-29(26)30)17-6-5-9-24-18-28(35)14-11-27(24)21-42-33/h7,10-11,13-14,16,18-19,22-23,26,29-30,32,38H,4-6,8-9,12,15,17,20-21H2,1-3H3,(H,36,39)/b10-7+/t22-,23+,26-,29+,30-,32+/m0/s1. The van der Waals surface area contributed by atoms with Gasteiger partial charge in [-0.1, -0.05) is 43.7 Å². The van der Waals surface area contributed by atoms with E-state index in [4.69, 9.17) is 16.3 Å². The third-order valence-electron chi connectivity index (χ3n) is 9.92. The molecule has 234 valence electrons. The molecule has 9 heteroatoms. The van der Waals surface area contributed by atoms with Crippen molar-refractivity contribution in [1.29, 1.82) is 0 Å². The molecule has 43 heavy (non-hydrogen) atoms. The number of allylic oxidation sites excluding steroid dienone is 1. The lowest BCUT2D eigenvalue weighted by molar-refractivity contribution is 0.0317. The van der Waals surface area contributed by atoms with Gasteiger partial charge in [0.25, 0.3) is 5.91 Å². The van der Waals surface area contributed by atoms with Crippen LogP contribution in [0.5, 0.6) is 5.75 Å². The Hall–Kier alpha value is -2.55. The van der Waals surface area contributed by atoms with Crippen LogP contribution in [0.25, 0.3) is 0 Å². The molecular formula is C34H45ClN2O5S. The van der Waals surface area contributed by atoms with Gasteiger partial charge in [0, 0.05) is 29.6 Å². The number of aliphatic hydroxyl groups is 1. The second kappa shape index (κ2) is 13.6. The molecule has 0 unspecified atom stereocenters. The zero-order chi connectivity index (χ0) is 30.7. The minimum absolute atomic E-state index is 0.0145. The molecule has 2 aromatic carbocycles. The van der Waals surface area contributed by atoms with E-state index in [2.05, 4.69) is 15.7 Å². The van der Waals surface area contributed by atoms with Gasteiger partial charge in [0.1, 0.15) is 12.4 Å². The quantitative estimate of drug-likeness (QED) is 0.368. The molecule has 1 amide bonds. The van der Waals surface area contributed by atoms with Crippen LogP contribution in [0, 0.1) is 23.7 Å². The maximum atomic E-state index is 13.4. The first kappa shape index (κ1) is 31.9. The van der Waals surface area contributed by atoms with Crippen LogP contribution in [0.2, 0.25) is 5.02 Å². The number of amides is 1. The first-order valence-electron chi connectivity index (χ1n) is 15.8. The zero-order valence-corrected chi connectivity index (χ0v) is 27.0. The summed E-state index contributed by atoms with van der Waals surface area (Å²) in [7, 11) is -3.92. The van der Waals surface area contributed by atoms with Gasteiger partial charge < -0.3 is 14.7 Å². The summed E-state index contributed by atoms with van der Waals surface area (Å²) in [4.78, 5) is 15.7. The molecule has 2 aromatic rings. The van der Waals surface area contributed by atoms with Gasteiger partial charge in [-0.2, -0.15) is 0 Å². The number of fused-ring (bicyclic) bond motifs is 3. The van der Waals surface area contributed by atoms with Crippen LogP contribution < -0.4 is 14.4 Å². The summed E-state index contributed by atoms with van der Waals surface area (Å²) in [5, 5.41) is 11.0. The van der Waals surface area contributed by atoms with Crippen molar-refractivity contribution in [3.8, 4) is 5.75 Å². The molecule has 0 saturated heterocycles. The Morgan fingerprint density at radius 3 is 2.67 bits per heavy atom. The Balaban J connectivity index is 1.56. The second-order valence-corrected chi connectivity index (χ2v) is 15.1. The largest absolute Gasteiger partial charge is 0.487 e. The van der Waals surface area contributed by atoms with E-state index in [9.17, 15) is 18.3 Å². The lowest BCUT2D eigenvalue weighted by Crippen LogP contribution is -2.44. The third kappa shape index (κ3) is 7.23. The molecule has 0 aromatic heterocycles. The summed E-state index contributed by atoms with van der Waals surface area (Å²) in [5.41, 5.74) is 3.34. The molecule has 2 bridgehead atoms. The number of halogens is 1. The molecule has 5 rings (SSSR count). The average molecular weight is 629 g/mol. The van der Waals surface area contributed by atoms with E-state index < -0.39 is 27.3 Å². The highest BCUT2D eigenvalue weighted by Crippen LogP contribution is 2.44. The Kier molecular flexibility index (Phi) is 10.1. The Labute approximate surface area is 261 Å². The number of carbonyl (C=O) groups excluding carboxylic acids is 1. The predicted molar refractivity (Wildman–Crippen MR) is 172 cm³/mol. The summed E-state index contributed by atoms with van der Waals surface area (Å²) >= 11 is 6.33. The molecule has 0 spiro atoms. The third-order valence-corrected chi connectivity index (χ3v) is 12.1. The van der Waals surface area contributed by atoms with Gasteiger partial charge in [-0.3, -0.25) is 4.79 Å². The number of hydrogen-bond acceptors (Lipinski definition) is 6. The summed E-state index contributed by atoms with van der Waals surface area (Å²) in [6.07, 6.45) is 9.85. The highest BCUT2D eigenvalue weighted by Gasteiger charge is 2.40. The molecule has 1 fully saturated rings. The van der Waals surface area contributed by atoms with Crippen LogP contribution in [0.4, 0.5) is 5.69 Å². The van der Waals surface area contributed by atoms with E-state index in [1.165, 1.54) is 5.56 Å². The fourth-order valence-electron chi connectivity index (χ4n) is 6.75. The summed E-state index contributed by atoms with van der Waals surface area (Å²) in [6.45, 7) is 7.46. The Morgan fingerprint density at radius 2 is 1.93 bits per heavy atom. The topological polar surface area (TPSA) is 95.9 Å². The number of hydrogen-bond donors (Lipinski definition) is 2. The van der Waals surface area contributed by atoms with Gasteiger partial charge in [0.15, 0.2) is 0 Å². The van der Waals surface area contributed by atoms with E-state index in [1.807, 2.05) is 38.1 Å². The molecule has 2 heterocycles. The van der Waals surface area contributed by atoms with Crippen molar-refractivity contribution >= 4 is 33.2 Å². The van der Waals surface area contributed by atoms with Crippen LogP contribution >= 0.6 is 11.6 Å². The highest BCUT2D eigenvalue weighted by atomic mass is 35.5. The van der Waals surface area contributed by atoms with E-state index in [0.29, 0.717) is 42.1 Å². The Bertz CT molecular complexity index is 1440. The van der Waals surface area contributed by atoms with Gasteiger partial charge in [-0.25, -0.2) is 13.1 Å². The molecule has 2 N–H and O–H groups in total. The normalized spacial score (nSPS) is 29.4. The molecular weight excluding hydrogens is 584 g/mol. The van der Waals surface area contributed by atoms with Gasteiger partial charge >= 0.3 is 0 Å². The number of sulfonamides is 1. The number of carbonyl (C=O) groups is 1.